The minimum atomic E-state index is -0.206. The second-order valence-corrected chi connectivity index (χ2v) is 8.17. The van der Waals surface area contributed by atoms with Gasteiger partial charge < -0.3 is 15.4 Å². The molecule has 1 fully saturated rings. The van der Waals surface area contributed by atoms with Crippen molar-refractivity contribution in [1.82, 2.24) is 34.3 Å². The average molecular weight is 464 g/mol. The van der Waals surface area contributed by atoms with Crippen molar-refractivity contribution < 1.29 is 9.13 Å². The third-order valence-electron chi connectivity index (χ3n) is 6.00. The van der Waals surface area contributed by atoms with Gasteiger partial charge in [0, 0.05) is 39.8 Å². The Bertz CT molecular complexity index is 1390. The summed E-state index contributed by atoms with van der Waals surface area (Å²) >= 11 is 0. The van der Waals surface area contributed by atoms with Gasteiger partial charge in [-0.25, -0.2) is 9.07 Å². The molecule has 1 aromatic carbocycles. The lowest BCUT2D eigenvalue weighted by atomic mass is 10.1. The van der Waals surface area contributed by atoms with Gasteiger partial charge in [-0.1, -0.05) is 12.0 Å². The Morgan fingerprint density at radius 1 is 1.12 bits per heavy atom. The Morgan fingerprint density at radius 3 is 2.68 bits per heavy atom. The van der Waals surface area contributed by atoms with E-state index < -0.39 is 0 Å². The molecule has 0 aliphatic carbocycles. The average Bonchev–Trinajstić information content (AvgIpc) is 3.43. The number of methoxy groups -OCH3 is 1. The molecule has 11 heteroatoms. The molecule has 3 aromatic heterocycles. The highest BCUT2D eigenvalue weighted by Crippen LogP contribution is 2.23. The highest BCUT2D eigenvalue weighted by molar-refractivity contribution is 5.89. The summed E-state index contributed by atoms with van der Waals surface area (Å²) in [4.78, 5) is 13.4. The smallest absolute Gasteiger partial charge is 0.226 e. The molecule has 0 unspecified atom stereocenters. The van der Waals surface area contributed by atoms with Gasteiger partial charge in [-0.3, -0.25) is 4.90 Å². The van der Waals surface area contributed by atoms with Gasteiger partial charge in [-0.15, -0.1) is 5.10 Å². The number of ether oxygens (including phenoxy) is 1. The number of nitrogen functional groups attached to an aromatic ring is 1. The van der Waals surface area contributed by atoms with E-state index in [-0.39, 0.29) is 11.8 Å². The van der Waals surface area contributed by atoms with E-state index in [1.54, 1.807) is 26.3 Å². The van der Waals surface area contributed by atoms with E-state index in [0.717, 1.165) is 43.7 Å². The van der Waals surface area contributed by atoms with Gasteiger partial charge in [0.05, 0.1) is 30.4 Å². The van der Waals surface area contributed by atoms with Crippen molar-refractivity contribution in [2.45, 2.75) is 20.1 Å². The number of hydrogen-bond donors (Lipinski definition) is 1. The topological polar surface area (TPSA) is 103 Å². The molecule has 176 valence electrons. The lowest BCUT2D eigenvalue weighted by molar-refractivity contribution is 0.184. The predicted molar refractivity (Wildman–Crippen MR) is 127 cm³/mol. The monoisotopic (exact) mass is 463 g/mol. The third-order valence-corrected chi connectivity index (χ3v) is 6.00. The summed E-state index contributed by atoms with van der Waals surface area (Å²) in [5, 5.41) is 9.58. The maximum Gasteiger partial charge on any atom is 0.226 e. The normalized spacial score (nSPS) is 14.6. The molecule has 34 heavy (non-hydrogen) atoms. The van der Waals surface area contributed by atoms with E-state index in [0.29, 0.717) is 36.0 Å². The zero-order valence-electron chi connectivity index (χ0n) is 19.2. The van der Waals surface area contributed by atoms with Crippen LogP contribution in [0.4, 0.5) is 16.0 Å². The molecule has 4 heterocycles. The van der Waals surface area contributed by atoms with Crippen LogP contribution in [0.2, 0.25) is 0 Å². The van der Waals surface area contributed by atoms with E-state index in [1.807, 2.05) is 16.8 Å². The maximum atomic E-state index is 14.6. The van der Waals surface area contributed by atoms with Crippen LogP contribution in [-0.2, 0) is 17.9 Å². The van der Waals surface area contributed by atoms with Gasteiger partial charge in [-0.05, 0) is 30.5 Å². The number of fused-ring (bicyclic) bond motifs is 3. The minimum absolute atomic E-state index is 0.206. The van der Waals surface area contributed by atoms with Crippen molar-refractivity contribution in [2.75, 3.05) is 50.5 Å². The molecular formula is C23H26FN9O. The lowest BCUT2D eigenvalue weighted by Crippen LogP contribution is -2.47. The Kier molecular flexibility index (Phi) is 6.00. The largest absolute Gasteiger partial charge is 0.380 e. The maximum absolute atomic E-state index is 14.6. The van der Waals surface area contributed by atoms with Gasteiger partial charge in [0.2, 0.25) is 11.8 Å². The fraction of sp³-hybridized carbons (Fsp3) is 0.391. The highest BCUT2D eigenvalue weighted by Gasteiger charge is 2.21. The molecule has 10 nitrogen and oxygen atoms in total. The Labute approximate surface area is 196 Å². The number of benzene rings is 1. The van der Waals surface area contributed by atoms with Gasteiger partial charge in [0.15, 0.2) is 11.3 Å². The first-order valence-corrected chi connectivity index (χ1v) is 11.1. The molecule has 4 aromatic rings. The quantitative estimate of drug-likeness (QED) is 0.430. The van der Waals surface area contributed by atoms with Gasteiger partial charge in [0.25, 0.3) is 0 Å². The first-order valence-electron chi connectivity index (χ1n) is 11.1. The first-order chi connectivity index (χ1) is 16.6. The molecule has 1 saturated heterocycles. The molecule has 0 amide bonds. The molecule has 2 N–H and O–H groups in total. The number of aromatic nitrogens is 6. The number of nitrogens with two attached hydrogens (primary N) is 1. The second-order valence-electron chi connectivity index (χ2n) is 8.17. The van der Waals surface area contributed by atoms with Gasteiger partial charge in [0.1, 0.15) is 5.82 Å². The summed E-state index contributed by atoms with van der Waals surface area (Å²) < 4.78 is 23.0. The number of halogens is 1. The van der Waals surface area contributed by atoms with E-state index in [1.165, 1.54) is 4.52 Å². The molecule has 0 atom stereocenters. The van der Waals surface area contributed by atoms with Crippen molar-refractivity contribution in [1.29, 1.82) is 0 Å². The molecule has 5 rings (SSSR count). The molecule has 0 spiro atoms. The Hall–Kier alpha value is -3.75. The fourth-order valence-corrected chi connectivity index (χ4v) is 4.30. The van der Waals surface area contributed by atoms with E-state index in [2.05, 4.69) is 41.8 Å². The molecule has 1 aliphatic heterocycles. The van der Waals surface area contributed by atoms with E-state index >= 15 is 0 Å². The molecule has 0 bridgehead atoms. The van der Waals surface area contributed by atoms with Crippen LogP contribution in [0.1, 0.15) is 18.3 Å². The van der Waals surface area contributed by atoms with E-state index in [9.17, 15) is 4.39 Å². The van der Waals surface area contributed by atoms with Crippen molar-refractivity contribution in [2.24, 2.45) is 0 Å². The third kappa shape index (κ3) is 4.13. The lowest BCUT2D eigenvalue weighted by Gasteiger charge is -2.36. The van der Waals surface area contributed by atoms with Crippen LogP contribution in [0.15, 0.2) is 24.4 Å². The van der Waals surface area contributed by atoms with Crippen LogP contribution < -0.4 is 10.6 Å². The van der Waals surface area contributed by atoms with Crippen molar-refractivity contribution >= 4 is 28.3 Å². The Morgan fingerprint density at radius 2 is 1.94 bits per heavy atom. The first kappa shape index (κ1) is 22.1. The fourth-order valence-electron chi connectivity index (χ4n) is 4.30. The van der Waals surface area contributed by atoms with E-state index in [4.69, 9.17) is 10.5 Å². The number of piperazine rings is 1. The minimum Gasteiger partial charge on any atom is -0.380 e. The second kappa shape index (κ2) is 9.24. The predicted octanol–water partition coefficient (Wildman–Crippen LogP) is 1.54. The summed E-state index contributed by atoms with van der Waals surface area (Å²) in [6.07, 6.45) is 1.74. The number of hydrogen-bond acceptors (Lipinski definition) is 8. The van der Waals surface area contributed by atoms with Gasteiger partial charge >= 0.3 is 0 Å². The van der Waals surface area contributed by atoms with Crippen molar-refractivity contribution in [3.05, 3.63) is 41.6 Å². The van der Waals surface area contributed by atoms with Crippen LogP contribution in [-0.4, -0.2) is 74.1 Å². The van der Waals surface area contributed by atoms with Crippen LogP contribution in [0, 0.1) is 17.7 Å². The summed E-state index contributed by atoms with van der Waals surface area (Å²) in [6.45, 7) is 6.78. The summed E-state index contributed by atoms with van der Waals surface area (Å²) in [6, 6.07) is 5.31. The summed E-state index contributed by atoms with van der Waals surface area (Å²) in [5.41, 5.74) is 8.86. The molecule has 0 saturated carbocycles. The molecule has 0 radical (unpaired) electrons. The zero-order valence-corrected chi connectivity index (χ0v) is 19.2. The number of anilines is 2. The number of nitrogens with zero attached hydrogens (tertiary/aromatic N) is 8. The van der Waals surface area contributed by atoms with Crippen LogP contribution in [0.3, 0.4) is 0 Å². The standard InChI is InChI=1S/C23H26FN9O/c1-3-4-20-27-22-17-14-26-32(21(17)28-23(25)33(22)29-20)12-9-30-7-10-31(11-8-30)19-6-5-16(15-34-2)13-18(19)24/h5-6,13-14H,7-12,15H2,1-2H3,(H2,25,28). The van der Waals surface area contributed by atoms with Crippen molar-refractivity contribution in [3.63, 3.8) is 0 Å². The van der Waals surface area contributed by atoms with Gasteiger partial charge in [-0.2, -0.15) is 19.6 Å². The van der Waals surface area contributed by atoms with Crippen LogP contribution in [0.5, 0.6) is 0 Å². The highest BCUT2D eigenvalue weighted by atomic mass is 19.1. The zero-order chi connectivity index (χ0) is 23.7. The SMILES string of the molecule is CC#Cc1nc2c3cnn(CCN4CCN(c5ccc(COC)cc5F)CC4)c3nc(N)n2n1. The van der Waals surface area contributed by atoms with Crippen LogP contribution in [0.25, 0.3) is 16.7 Å². The number of rotatable bonds is 6. The molecular weight excluding hydrogens is 437 g/mol. The van der Waals surface area contributed by atoms with Crippen molar-refractivity contribution in [3.8, 4) is 11.8 Å². The van der Waals surface area contributed by atoms with Crippen LogP contribution >= 0.6 is 0 Å². The summed E-state index contributed by atoms with van der Waals surface area (Å²) in [7, 11) is 1.61. The summed E-state index contributed by atoms with van der Waals surface area (Å²) in [5.74, 6) is 6.08. The Balaban J connectivity index is 1.25. The molecule has 1 aliphatic rings.